The van der Waals surface area contributed by atoms with Crippen LogP contribution in [0.3, 0.4) is 0 Å². The van der Waals surface area contributed by atoms with Gasteiger partial charge in [0.25, 0.3) is 0 Å². The third kappa shape index (κ3) is 4.37. The fourth-order valence-corrected chi connectivity index (χ4v) is 2.60. The quantitative estimate of drug-likeness (QED) is 0.854. The first-order valence-electron chi connectivity index (χ1n) is 7.98. The number of nitrogens with zero attached hydrogens (tertiary/aromatic N) is 4. The number of aromatic amines is 1. The maximum Gasteiger partial charge on any atom is 0.131 e. The standard InChI is InChI=1S/C17H27N5/c1-12(2)17-18-9-8-15(19-17)11-22(5)10-6-7-16-13(3)20-21-14(16)4/h8-9,12H,6-7,10-11H2,1-5H3,(H,20,21). The van der Waals surface area contributed by atoms with E-state index >= 15 is 0 Å². The van der Waals surface area contributed by atoms with Gasteiger partial charge >= 0.3 is 0 Å². The van der Waals surface area contributed by atoms with Gasteiger partial charge in [0.1, 0.15) is 5.82 Å². The van der Waals surface area contributed by atoms with E-state index in [1.165, 1.54) is 11.3 Å². The first kappa shape index (κ1) is 16.6. The van der Waals surface area contributed by atoms with Gasteiger partial charge in [-0.25, -0.2) is 9.97 Å². The minimum Gasteiger partial charge on any atom is -0.301 e. The Morgan fingerprint density at radius 1 is 1.27 bits per heavy atom. The van der Waals surface area contributed by atoms with Crippen LogP contribution in [0.25, 0.3) is 0 Å². The summed E-state index contributed by atoms with van der Waals surface area (Å²) in [6, 6.07) is 2.01. The summed E-state index contributed by atoms with van der Waals surface area (Å²) in [5.41, 5.74) is 4.77. The fourth-order valence-electron chi connectivity index (χ4n) is 2.60. The Kier molecular flexibility index (Phi) is 5.66. The van der Waals surface area contributed by atoms with E-state index in [2.05, 4.69) is 59.8 Å². The summed E-state index contributed by atoms with van der Waals surface area (Å²) in [4.78, 5) is 11.3. The van der Waals surface area contributed by atoms with E-state index in [1.54, 1.807) is 0 Å². The van der Waals surface area contributed by atoms with Crippen LogP contribution < -0.4 is 0 Å². The lowest BCUT2D eigenvalue weighted by Crippen LogP contribution is -2.21. The zero-order valence-electron chi connectivity index (χ0n) is 14.3. The number of rotatable bonds is 7. The van der Waals surface area contributed by atoms with E-state index in [9.17, 15) is 0 Å². The first-order valence-corrected chi connectivity index (χ1v) is 7.98. The molecule has 2 rings (SSSR count). The normalized spacial score (nSPS) is 11.6. The highest BCUT2D eigenvalue weighted by Crippen LogP contribution is 2.13. The molecule has 0 amide bonds. The second-order valence-corrected chi connectivity index (χ2v) is 6.31. The van der Waals surface area contributed by atoms with Crippen molar-refractivity contribution in [3.05, 3.63) is 40.7 Å². The third-order valence-electron chi connectivity index (χ3n) is 3.93. The van der Waals surface area contributed by atoms with Gasteiger partial charge in [0.2, 0.25) is 0 Å². The molecule has 1 N–H and O–H groups in total. The number of nitrogens with one attached hydrogen (secondary N) is 1. The average molecular weight is 301 g/mol. The molecule has 0 fully saturated rings. The van der Waals surface area contributed by atoms with Crippen LogP contribution in [0.2, 0.25) is 0 Å². The Labute approximate surface area is 133 Å². The van der Waals surface area contributed by atoms with Crippen LogP contribution in [-0.2, 0) is 13.0 Å². The van der Waals surface area contributed by atoms with Crippen molar-refractivity contribution in [2.45, 2.75) is 53.0 Å². The molecule has 2 aromatic heterocycles. The first-order chi connectivity index (χ1) is 10.5. The molecule has 5 nitrogen and oxygen atoms in total. The van der Waals surface area contributed by atoms with Gasteiger partial charge in [0.15, 0.2) is 0 Å². The summed E-state index contributed by atoms with van der Waals surface area (Å²) in [5.74, 6) is 1.30. The van der Waals surface area contributed by atoms with Crippen molar-refractivity contribution >= 4 is 0 Å². The molecule has 0 bridgehead atoms. The lowest BCUT2D eigenvalue weighted by Gasteiger charge is -2.16. The van der Waals surface area contributed by atoms with Crippen molar-refractivity contribution < 1.29 is 0 Å². The molecular weight excluding hydrogens is 274 g/mol. The summed E-state index contributed by atoms with van der Waals surface area (Å²) in [6.07, 6.45) is 4.06. The Balaban J connectivity index is 1.83. The molecule has 0 saturated heterocycles. The van der Waals surface area contributed by atoms with E-state index in [-0.39, 0.29) is 0 Å². The Morgan fingerprint density at radius 2 is 2.05 bits per heavy atom. The third-order valence-corrected chi connectivity index (χ3v) is 3.93. The topological polar surface area (TPSA) is 57.7 Å². The summed E-state index contributed by atoms with van der Waals surface area (Å²) in [7, 11) is 2.15. The van der Waals surface area contributed by atoms with Crippen molar-refractivity contribution in [1.29, 1.82) is 0 Å². The van der Waals surface area contributed by atoms with E-state index in [0.29, 0.717) is 5.92 Å². The molecule has 22 heavy (non-hydrogen) atoms. The lowest BCUT2D eigenvalue weighted by molar-refractivity contribution is 0.317. The molecule has 5 heteroatoms. The van der Waals surface area contributed by atoms with Gasteiger partial charge in [-0.3, -0.25) is 5.10 Å². The van der Waals surface area contributed by atoms with Gasteiger partial charge in [-0.05, 0) is 51.9 Å². The number of hydrogen-bond donors (Lipinski definition) is 1. The summed E-state index contributed by atoms with van der Waals surface area (Å²) in [5, 5.41) is 7.30. The minimum atomic E-state index is 0.372. The summed E-state index contributed by atoms with van der Waals surface area (Å²) >= 11 is 0. The minimum absolute atomic E-state index is 0.372. The molecule has 0 spiro atoms. The molecule has 0 aliphatic heterocycles. The van der Waals surface area contributed by atoms with Gasteiger partial charge < -0.3 is 4.90 Å². The Bertz CT molecular complexity index is 583. The maximum atomic E-state index is 4.63. The molecule has 2 aromatic rings. The van der Waals surface area contributed by atoms with Crippen molar-refractivity contribution in [2.24, 2.45) is 0 Å². The number of aryl methyl sites for hydroxylation is 2. The molecule has 0 aliphatic carbocycles. The molecule has 0 saturated carbocycles. The number of hydrogen-bond acceptors (Lipinski definition) is 4. The Hall–Kier alpha value is -1.75. The van der Waals surface area contributed by atoms with Gasteiger partial charge in [0, 0.05) is 24.4 Å². The van der Waals surface area contributed by atoms with E-state index in [4.69, 9.17) is 0 Å². The van der Waals surface area contributed by atoms with Crippen LogP contribution >= 0.6 is 0 Å². The van der Waals surface area contributed by atoms with Crippen LogP contribution in [0.4, 0.5) is 0 Å². The molecule has 0 radical (unpaired) electrons. The molecule has 120 valence electrons. The van der Waals surface area contributed by atoms with Crippen LogP contribution in [0.15, 0.2) is 12.3 Å². The monoisotopic (exact) mass is 301 g/mol. The predicted octanol–water partition coefficient (Wildman–Crippen LogP) is 3.00. The van der Waals surface area contributed by atoms with Crippen LogP contribution in [0, 0.1) is 13.8 Å². The van der Waals surface area contributed by atoms with Gasteiger partial charge in [-0.15, -0.1) is 0 Å². The number of H-pyrrole nitrogens is 1. The highest BCUT2D eigenvalue weighted by Gasteiger charge is 2.08. The zero-order valence-corrected chi connectivity index (χ0v) is 14.3. The van der Waals surface area contributed by atoms with Gasteiger partial charge in [-0.1, -0.05) is 13.8 Å². The lowest BCUT2D eigenvalue weighted by atomic mass is 10.1. The van der Waals surface area contributed by atoms with Crippen molar-refractivity contribution in [3.8, 4) is 0 Å². The van der Waals surface area contributed by atoms with Crippen LogP contribution in [0.5, 0.6) is 0 Å². The molecular formula is C17H27N5. The Morgan fingerprint density at radius 3 is 2.68 bits per heavy atom. The maximum absolute atomic E-state index is 4.63. The largest absolute Gasteiger partial charge is 0.301 e. The fraction of sp³-hybridized carbons (Fsp3) is 0.588. The highest BCUT2D eigenvalue weighted by atomic mass is 15.1. The molecule has 0 atom stereocenters. The molecule has 0 aromatic carbocycles. The van der Waals surface area contributed by atoms with Gasteiger partial charge in [-0.2, -0.15) is 5.10 Å². The van der Waals surface area contributed by atoms with E-state index in [1.807, 2.05) is 12.3 Å². The molecule has 0 unspecified atom stereocenters. The zero-order chi connectivity index (χ0) is 16.1. The van der Waals surface area contributed by atoms with Gasteiger partial charge in [0.05, 0.1) is 11.4 Å². The smallest absolute Gasteiger partial charge is 0.131 e. The average Bonchev–Trinajstić information content (AvgIpc) is 2.79. The van der Waals surface area contributed by atoms with Crippen LogP contribution in [-0.4, -0.2) is 38.7 Å². The second-order valence-electron chi connectivity index (χ2n) is 6.31. The predicted molar refractivity (Wildman–Crippen MR) is 88.8 cm³/mol. The molecule has 2 heterocycles. The number of aromatic nitrogens is 4. The van der Waals surface area contributed by atoms with E-state index in [0.717, 1.165) is 43.1 Å². The summed E-state index contributed by atoms with van der Waals surface area (Å²) < 4.78 is 0. The highest BCUT2D eigenvalue weighted by molar-refractivity contribution is 5.23. The molecule has 0 aliphatic rings. The SMILES string of the molecule is Cc1n[nH]c(C)c1CCCN(C)Cc1ccnc(C(C)C)n1. The van der Waals surface area contributed by atoms with Crippen LogP contribution in [0.1, 0.15) is 54.7 Å². The van der Waals surface area contributed by atoms with Crippen molar-refractivity contribution in [3.63, 3.8) is 0 Å². The van der Waals surface area contributed by atoms with E-state index < -0.39 is 0 Å². The van der Waals surface area contributed by atoms with Crippen molar-refractivity contribution in [1.82, 2.24) is 25.1 Å². The van der Waals surface area contributed by atoms with Crippen molar-refractivity contribution in [2.75, 3.05) is 13.6 Å². The second kappa shape index (κ2) is 7.49. The summed E-state index contributed by atoms with van der Waals surface area (Å²) in [6.45, 7) is 10.3.